The molecular formula is C13H20N2. The fourth-order valence-corrected chi connectivity index (χ4v) is 2.56. The average Bonchev–Trinajstić information content (AvgIpc) is 2.75. The van der Waals surface area contributed by atoms with E-state index in [9.17, 15) is 0 Å². The standard InChI is InChI=1S/C13H20N2/c1-3-13(12-6-7-14-8-12)11-5-4-10(2)15-9-11/h4-5,9,12-14H,3,6-8H2,1-2H3. The normalized spacial score (nSPS) is 22.9. The molecule has 1 aliphatic heterocycles. The maximum absolute atomic E-state index is 4.40. The highest BCUT2D eigenvalue weighted by Crippen LogP contribution is 2.31. The van der Waals surface area contributed by atoms with Crippen LogP contribution in [0.2, 0.25) is 0 Å². The van der Waals surface area contributed by atoms with E-state index >= 15 is 0 Å². The van der Waals surface area contributed by atoms with Gasteiger partial charge in [-0.2, -0.15) is 0 Å². The number of nitrogens with one attached hydrogen (secondary N) is 1. The van der Waals surface area contributed by atoms with E-state index in [1.54, 1.807) is 0 Å². The van der Waals surface area contributed by atoms with Crippen LogP contribution in [0.1, 0.15) is 36.9 Å². The first-order valence-electron chi connectivity index (χ1n) is 5.94. The molecule has 0 saturated carbocycles. The fraction of sp³-hybridized carbons (Fsp3) is 0.615. The Hall–Kier alpha value is -0.890. The second-order valence-corrected chi connectivity index (χ2v) is 4.50. The summed E-state index contributed by atoms with van der Waals surface area (Å²) in [5.41, 5.74) is 2.52. The topological polar surface area (TPSA) is 24.9 Å². The highest BCUT2D eigenvalue weighted by Gasteiger charge is 2.24. The fourth-order valence-electron chi connectivity index (χ4n) is 2.56. The van der Waals surface area contributed by atoms with Crippen LogP contribution in [0.25, 0.3) is 0 Å². The van der Waals surface area contributed by atoms with E-state index in [1.165, 1.54) is 31.5 Å². The second kappa shape index (κ2) is 4.75. The van der Waals surface area contributed by atoms with Crippen LogP contribution in [0, 0.1) is 12.8 Å². The Kier molecular flexibility index (Phi) is 3.37. The molecule has 0 bridgehead atoms. The van der Waals surface area contributed by atoms with Crippen molar-refractivity contribution in [3.63, 3.8) is 0 Å². The molecule has 2 heteroatoms. The van der Waals surface area contributed by atoms with Crippen molar-refractivity contribution in [1.29, 1.82) is 0 Å². The van der Waals surface area contributed by atoms with Crippen LogP contribution in [-0.4, -0.2) is 18.1 Å². The molecule has 82 valence electrons. The summed E-state index contributed by atoms with van der Waals surface area (Å²) in [7, 11) is 0. The molecule has 1 aromatic heterocycles. The van der Waals surface area contributed by atoms with Crippen LogP contribution in [0.4, 0.5) is 0 Å². The van der Waals surface area contributed by atoms with Gasteiger partial charge in [0.25, 0.3) is 0 Å². The van der Waals surface area contributed by atoms with Crippen molar-refractivity contribution < 1.29 is 0 Å². The quantitative estimate of drug-likeness (QED) is 0.818. The maximum Gasteiger partial charge on any atom is 0.0372 e. The van der Waals surface area contributed by atoms with E-state index in [2.05, 4.69) is 35.6 Å². The Morgan fingerprint density at radius 1 is 1.53 bits per heavy atom. The SMILES string of the molecule is CCC(c1ccc(C)nc1)C1CCNC1. The predicted octanol–water partition coefficient (Wildman–Crippen LogP) is 2.49. The van der Waals surface area contributed by atoms with Gasteiger partial charge >= 0.3 is 0 Å². The first-order chi connectivity index (χ1) is 7.31. The van der Waals surface area contributed by atoms with Crippen LogP contribution in [-0.2, 0) is 0 Å². The van der Waals surface area contributed by atoms with Gasteiger partial charge in [-0.1, -0.05) is 13.0 Å². The molecule has 2 nitrogen and oxygen atoms in total. The minimum absolute atomic E-state index is 0.688. The van der Waals surface area contributed by atoms with E-state index in [0.717, 1.165) is 11.6 Å². The number of pyridine rings is 1. The Morgan fingerprint density at radius 2 is 2.40 bits per heavy atom. The van der Waals surface area contributed by atoms with Crippen LogP contribution in [0.15, 0.2) is 18.3 Å². The molecule has 2 unspecified atom stereocenters. The second-order valence-electron chi connectivity index (χ2n) is 4.50. The Labute approximate surface area is 92.1 Å². The smallest absolute Gasteiger partial charge is 0.0372 e. The summed E-state index contributed by atoms with van der Waals surface area (Å²) in [6, 6.07) is 4.37. The molecule has 0 amide bonds. The zero-order chi connectivity index (χ0) is 10.7. The summed E-state index contributed by atoms with van der Waals surface area (Å²) in [6.45, 7) is 6.68. The zero-order valence-corrected chi connectivity index (χ0v) is 9.66. The minimum Gasteiger partial charge on any atom is -0.316 e. The largest absolute Gasteiger partial charge is 0.316 e. The molecule has 1 N–H and O–H groups in total. The van der Waals surface area contributed by atoms with Gasteiger partial charge in [-0.15, -0.1) is 0 Å². The highest BCUT2D eigenvalue weighted by atomic mass is 14.9. The van der Waals surface area contributed by atoms with Crippen molar-refractivity contribution in [2.75, 3.05) is 13.1 Å². The van der Waals surface area contributed by atoms with E-state index < -0.39 is 0 Å². The zero-order valence-electron chi connectivity index (χ0n) is 9.66. The van der Waals surface area contributed by atoms with Crippen molar-refractivity contribution in [3.05, 3.63) is 29.6 Å². The lowest BCUT2D eigenvalue weighted by molar-refractivity contribution is 0.445. The van der Waals surface area contributed by atoms with Crippen LogP contribution >= 0.6 is 0 Å². The van der Waals surface area contributed by atoms with Gasteiger partial charge in [0.05, 0.1) is 0 Å². The number of aromatic nitrogens is 1. The van der Waals surface area contributed by atoms with Crippen molar-refractivity contribution in [2.45, 2.75) is 32.6 Å². The predicted molar refractivity (Wildman–Crippen MR) is 63.0 cm³/mol. The third-order valence-corrected chi connectivity index (χ3v) is 3.47. The minimum atomic E-state index is 0.688. The van der Waals surface area contributed by atoms with Crippen LogP contribution in [0.3, 0.4) is 0 Å². The molecule has 0 aliphatic carbocycles. The Balaban J connectivity index is 2.14. The highest BCUT2D eigenvalue weighted by molar-refractivity contribution is 5.19. The summed E-state index contributed by atoms with van der Waals surface area (Å²) in [6.07, 6.45) is 4.59. The van der Waals surface area contributed by atoms with Crippen LogP contribution < -0.4 is 5.32 Å². The monoisotopic (exact) mass is 204 g/mol. The lowest BCUT2D eigenvalue weighted by Gasteiger charge is -2.21. The van der Waals surface area contributed by atoms with Crippen molar-refractivity contribution in [3.8, 4) is 0 Å². The summed E-state index contributed by atoms with van der Waals surface area (Å²) in [5.74, 6) is 1.49. The molecule has 0 spiro atoms. The van der Waals surface area contributed by atoms with Gasteiger partial charge in [0.15, 0.2) is 0 Å². The number of hydrogen-bond acceptors (Lipinski definition) is 2. The number of aryl methyl sites for hydroxylation is 1. The van der Waals surface area contributed by atoms with E-state index in [0.29, 0.717) is 5.92 Å². The first-order valence-corrected chi connectivity index (χ1v) is 5.94. The molecule has 2 heterocycles. The summed E-state index contributed by atoms with van der Waals surface area (Å²) in [4.78, 5) is 4.40. The van der Waals surface area contributed by atoms with Crippen molar-refractivity contribution in [1.82, 2.24) is 10.3 Å². The van der Waals surface area contributed by atoms with E-state index in [1.807, 2.05) is 6.92 Å². The molecule has 0 radical (unpaired) electrons. The molecular weight excluding hydrogens is 184 g/mol. The molecule has 1 aromatic rings. The molecule has 15 heavy (non-hydrogen) atoms. The summed E-state index contributed by atoms with van der Waals surface area (Å²) in [5, 5.41) is 3.45. The Morgan fingerprint density at radius 3 is 2.93 bits per heavy atom. The molecule has 0 aromatic carbocycles. The third kappa shape index (κ3) is 2.37. The molecule has 2 rings (SSSR count). The Bertz CT molecular complexity index is 299. The third-order valence-electron chi connectivity index (χ3n) is 3.47. The first kappa shape index (κ1) is 10.6. The van der Waals surface area contributed by atoms with Crippen LogP contribution in [0.5, 0.6) is 0 Å². The van der Waals surface area contributed by atoms with Gasteiger partial charge in [0, 0.05) is 11.9 Å². The van der Waals surface area contributed by atoms with Gasteiger partial charge in [0.1, 0.15) is 0 Å². The van der Waals surface area contributed by atoms with Gasteiger partial charge in [-0.25, -0.2) is 0 Å². The molecule has 1 aliphatic rings. The lowest BCUT2D eigenvalue weighted by Crippen LogP contribution is -2.16. The number of rotatable bonds is 3. The number of nitrogens with zero attached hydrogens (tertiary/aromatic N) is 1. The lowest BCUT2D eigenvalue weighted by atomic mass is 9.84. The molecule has 1 fully saturated rings. The molecule has 2 atom stereocenters. The van der Waals surface area contributed by atoms with Gasteiger partial charge in [-0.3, -0.25) is 4.98 Å². The van der Waals surface area contributed by atoms with E-state index in [4.69, 9.17) is 0 Å². The molecule has 1 saturated heterocycles. The number of hydrogen-bond donors (Lipinski definition) is 1. The average molecular weight is 204 g/mol. The summed E-state index contributed by atoms with van der Waals surface area (Å²) >= 11 is 0. The van der Waals surface area contributed by atoms with E-state index in [-0.39, 0.29) is 0 Å². The van der Waals surface area contributed by atoms with Gasteiger partial charge in [-0.05, 0) is 56.3 Å². The van der Waals surface area contributed by atoms with Crippen molar-refractivity contribution >= 4 is 0 Å². The maximum atomic E-state index is 4.40. The van der Waals surface area contributed by atoms with Crippen molar-refractivity contribution in [2.24, 2.45) is 5.92 Å². The van der Waals surface area contributed by atoms with Gasteiger partial charge < -0.3 is 5.32 Å². The summed E-state index contributed by atoms with van der Waals surface area (Å²) < 4.78 is 0. The van der Waals surface area contributed by atoms with Gasteiger partial charge in [0.2, 0.25) is 0 Å².